The van der Waals surface area contributed by atoms with E-state index in [1.165, 1.54) is 0 Å². The lowest BCUT2D eigenvalue weighted by Gasteiger charge is -2.05. The molecule has 0 aromatic heterocycles. The molecule has 1 aromatic carbocycles. The Bertz CT molecular complexity index is 383. The molecule has 0 radical (unpaired) electrons. The number of nitrogens with zero attached hydrogens (tertiary/aromatic N) is 1. The van der Waals surface area contributed by atoms with E-state index in [2.05, 4.69) is 23.3 Å². The Hall–Kier alpha value is -0.820. The molecule has 0 atom stereocenters. The number of methoxy groups -OCH3 is 1. The first-order valence-electron chi connectivity index (χ1n) is 6.36. The fourth-order valence-electron chi connectivity index (χ4n) is 1.61. The molecular formula is C14H24IN3O. The third-order valence-electron chi connectivity index (χ3n) is 2.57. The maximum absolute atomic E-state index is 5.77. The third-order valence-corrected chi connectivity index (χ3v) is 2.57. The summed E-state index contributed by atoms with van der Waals surface area (Å²) in [5.41, 5.74) is 8.07. The molecule has 4 nitrogen and oxygen atoms in total. The van der Waals surface area contributed by atoms with Gasteiger partial charge in [0.15, 0.2) is 5.96 Å². The molecule has 0 aliphatic heterocycles. The van der Waals surface area contributed by atoms with Gasteiger partial charge in [0.05, 0.1) is 13.2 Å². The topological polar surface area (TPSA) is 59.6 Å². The summed E-state index contributed by atoms with van der Waals surface area (Å²) in [6.45, 7) is 4.26. The van der Waals surface area contributed by atoms with Gasteiger partial charge in [-0.2, -0.15) is 0 Å². The van der Waals surface area contributed by atoms with E-state index in [1.54, 1.807) is 7.11 Å². The highest BCUT2D eigenvalue weighted by molar-refractivity contribution is 14.0. The zero-order chi connectivity index (χ0) is 13.2. The summed E-state index contributed by atoms with van der Waals surface area (Å²) in [5.74, 6) is 0.514. The van der Waals surface area contributed by atoms with Gasteiger partial charge < -0.3 is 15.8 Å². The Kier molecular flexibility index (Phi) is 10.6. The lowest BCUT2D eigenvalue weighted by atomic mass is 10.1. The fraction of sp³-hybridized carbons (Fsp3) is 0.500. The maximum Gasteiger partial charge on any atom is 0.188 e. The lowest BCUT2D eigenvalue weighted by molar-refractivity contribution is 0.185. The molecule has 0 aliphatic rings. The first-order valence-corrected chi connectivity index (χ1v) is 6.36. The number of halogens is 1. The van der Waals surface area contributed by atoms with Gasteiger partial charge in [0, 0.05) is 13.7 Å². The van der Waals surface area contributed by atoms with Crippen LogP contribution in [0.4, 0.5) is 0 Å². The average molecular weight is 377 g/mol. The highest BCUT2D eigenvalue weighted by Gasteiger charge is 1.96. The Morgan fingerprint density at radius 3 is 2.79 bits per heavy atom. The molecular weight excluding hydrogens is 353 g/mol. The Morgan fingerprint density at radius 1 is 1.37 bits per heavy atom. The van der Waals surface area contributed by atoms with Crippen molar-refractivity contribution in [3.63, 3.8) is 0 Å². The summed E-state index contributed by atoms with van der Waals surface area (Å²) in [6, 6.07) is 8.19. The number of guanidine groups is 1. The predicted molar refractivity (Wildman–Crippen MR) is 90.8 cm³/mol. The molecule has 0 heterocycles. The van der Waals surface area contributed by atoms with Crippen LogP contribution in [0.25, 0.3) is 0 Å². The Morgan fingerprint density at radius 2 is 2.11 bits per heavy atom. The van der Waals surface area contributed by atoms with Crippen LogP contribution in [0.5, 0.6) is 0 Å². The van der Waals surface area contributed by atoms with Crippen molar-refractivity contribution >= 4 is 29.9 Å². The van der Waals surface area contributed by atoms with E-state index in [0.717, 1.165) is 30.5 Å². The first-order chi connectivity index (χ1) is 8.76. The van der Waals surface area contributed by atoms with Crippen LogP contribution in [0.3, 0.4) is 0 Å². The van der Waals surface area contributed by atoms with Crippen LogP contribution in [0.2, 0.25) is 0 Å². The monoisotopic (exact) mass is 377 g/mol. The molecule has 0 fully saturated rings. The number of rotatable bonds is 7. The summed E-state index contributed by atoms with van der Waals surface area (Å²) < 4.78 is 5.10. The molecule has 108 valence electrons. The van der Waals surface area contributed by atoms with Gasteiger partial charge in [0.1, 0.15) is 0 Å². The molecule has 19 heavy (non-hydrogen) atoms. The summed E-state index contributed by atoms with van der Waals surface area (Å²) in [7, 11) is 1.69. The molecule has 0 saturated heterocycles. The van der Waals surface area contributed by atoms with Gasteiger partial charge in [0.2, 0.25) is 0 Å². The number of hydrogen-bond acceptors (Lipinski definition) is 2. The minimum Gasteiger partial charge on any atom is -0.380 e. The normalized spacial score (nSPS) is 10.9. The van der Waals surface area contributed by atoms with E-state index in [1.807, 2.05) is 18.2 Å². The summed E-state index contributed by atoms with van der Waals surface area (Å²) in [6.07, 6.45) is 2.26. The van der Waals surface area contributed by atoms with Gasteiger partial charge in [-0.15, -0.1) is 24.0 Å². The van der Waals surface area contributed by atoms with Crippen molar-refractivity contribution < 1.29 is 4.74 Å². The van der Waals surface area contributed by atoms with Gasteiger partial charge in [-0.05, 0) is 17.5 Å². The van der Waals surface area contributed by atoms with E-state index >= 15 is 0 Å². The number of unbranched alkanes of at least 4 members (excludes halogenated alkanes) is 1. The minimum atomic E-state index is 0. The predicted octanol–water partition coefficient (Wildman–Crippen LogP) is 2.66. The molecule has 0 unspecified atom stereocenters. The van der Waals surface area contributed by atoms with Crippen molar-refractivity contribution in [2.45, 2.75) is 32.9 Å². The molecule has 5 heteroatoms. The highest BCUT2D eigenvalue weighted by atomic mass is 127. The maximum atomic E-state index is 5.77. The van der Waals surface area contributed by atoms with E-state index < -0.39 is 0 Å². The number of nitrogens with two attached hydrogens (primary N) is 1. The summed E-state index contributed by atoms with van der Waals surface area (Å²) in [5, 5.41) is 3.10. The van der Waals surface area contributed by atoms with Crippen LogP contribution in [0.1, 0.15) is 30.9 Å². The lowest BCUT2D eigenvalue weighted by Crippen LogP contribution is -2.32. The smallest absolute Gasteiger partial charge is 0.188 e. The second-order valence-corrected chi connectivity index (χ2v) is 4.23. The molecule has 0 aliphatic carbocycles. The fourth-order valence-corrected chi connectivity index (χ4v) is 1.61. The van der Waals surface area contributed by atoms with Crippen LogP contribution in [0.15, 0.2) is 29.3 Å². The largest absolute Gasteiger partial charge is 0.380 e. The Balaban J connectivity index is 0.00000324. The van der Waals surface area contributed by atoms with Crippen LogP contribution in [-0.4, -0.2) is 19.6 Å². The number of aliphatic imine (C=N–C) groups is 1. The van der Waals surface area contributed by atoms with Crippen molar-refractivity contribution in [2.24, 2.45) is 10.7 Å². The minimum absolute atomic E-state index is 0. The van der Waals surface area contributed by atoms with Gasteiger partial charge in [-0.3, -0.25) is 0 Å². The molecule has 0 saturated carbocycles. The molecule has 1 aromatic rings. The van der Waals surface area contributed by atoms with Crippen molar-refractivity contribution in [3.8, 4) is 0 Å². The van der Waals surface area contributed by atoms with Crippen LogP contribution in [0, 0.1) is 0 Å². The Labute approximate surface area is 132 Å². The number of hydrogen-bond donors (Lipinski definition) is 2. The van der Waals surface area contributed by atoms with Crippen molar-refractivity contribution in [1.82, 2.24) is 5.32 Å². The van der Waals surface area contributed by atoms with E-state index in [-0.39, 0.29) is 24.0 Å². The summed E-state index contributed by atoms with van der Waals surface area (Å²) in [4.78, 5) is 4.31. The molecule has 1 rings (SSSR count). The quantitative estimate of drug-likeness (QED) is 0.333. The second-order valence-electron chi connectivity index (χ2n) is 4.23. The SMILES string of the molecule is CCCCNC(N)=NCc1cccc(COC)c1.I. The van der Waals surface area contributed by atoms with Crippen LogP contribution in [-0.2, 0) is 17.9 Å². The molecule has 0 spiro atoms. The van der Waals surface area contributed by atoms with Crippen LogP contribution >= 0.6 is 24.0 Å². The van der Waals surface area contributed by atoms with Crippen molar-refractivity contribution in [2.75, 3.05) is 13.7 Å². The molecule has 0 amide bonds. The molecule has 3 N–H and O–H groups in total. The molecule has 0 bridgehead atoms. The zero-order valence-corrected chi connectivity index (χ0v) is 14.0. The van der Waals surface area contributed by atoms with E-state index in [0.29, 0.717) is 19.1 Å². The number of ether oxygens (including phenoxy) is 1. The third kappa shape index (κ3) is 8.05. The van der Waals surface area contributed by atoms with Crippen LogP contribution < -0.4 is 11.1 Å². The average Bonchev–Trinajstić information content (AvgIpc) is 2.38. The van der Waals surface area contributed by atoms with Gasteiger partial charge in [-0.25, -0.2) is 4.99 Å². The highest BCUT2D eigenvalue weighted by Crippen LogP contribution is 2.07. The first kappa shape index (κ1) is 18.2. The number of benzene rings is 1. The zero-order valence-electron chi connectivity index (χ0n) is 11.7. The van der Waals surface area contributed by atoms with Gasteiger partial charge in [0.25, 0.3) is 0 Å². The van der Waals surface area contributed by atoms with Gasteiger partial charge >= 0.3 is 0 Å². The summed E-state index contributed by atoms with van der Waals surface area (Å²) >= 11 is 0. The number of nitrogens with one attached hydrogen (secondary N) is 1. The van der Waals surface area contributed by atoms with Crippen molar-refractivity contribution in [3.05, 3.63) is 35.4 Å². The van der Waals surface area contributed by atoms with E-state index in [9.17, 15) is 0 Å². The second kappa shape index (κ2) is 11.0. The van der Waals surface area contributed by atoms with E-state index in [4.69, 9.17) is 10.5 Å². The van der Waals surface area contributed by atoms with Gasteiger partial charge in [-0.1, -0.05) is 37.6 Å². The van der Waals surface area contributed by atoms with Crippen molar-refractivity contribution in [1.29, 1.82) is 0 Å². The standard InChI is InChI=1S/C14H23N3O.HI/c1-3-4-8-16-14(15)17-10-12-6-5-7-13(9-12)11-18-2;/h5-7,9H,3-4,8,10-11H2,1-2H3,(H3,15,16,17);1H.